The summed E-state index contributed by atoms with van der Waals surface area (Å²) in [6.45, 7) is 5.78. The van der Waals surface area contributed by atoms with Crippen LogP contribution in [0.1, 0.15) is 19.7 Å². The molecule has 0 fully saturated rings. The first kappa shape index (κ1) is 12.4. The Kier molecular flexibility index (Phi) is 4.17. The number of aromatic amines is 1. The van der Waals surface area contributed by atoms with Crippen LogP contribution in [0.25, 0.3) is 11.3 Å². The second-order valence-corrected chi connectivity index (χ2v) is 3.04. The van der Waals surface area contributed by atoms with Gasteiger partial charge in [0.2, 0.25) is 0 Å². The summed E-state index contributed by atoms with van der Waals surface area (Å²) in [4.78, 5) is 6.85. The zero-order chi connectivity index (χ0) is 12.1. The van der Waals surface area contributed by atoms with Gasteiger partial charge in [-0.3, -0.25) is 0 Å². The van der Waals surface area contributed by atoms with Gasteiger partial charge in [-0.05, 0) is 19.1 Å². The fourth-order valence-electron chi connectivity index (χ4n) is 1.28. The van der Waals surface area contributed by atoms with Crippen molar-refractivity contribution < 1.29 is 8.78 Å². The van der Waals surface area contributed by atoms with Crippen molar-refractivity contribution in [2.24, 2.45) is 0 Å². The second-order valence-electron chi connectivity index (χ2n) is 3.04. The average molecular weight is 224 g/mol. The minimum Gasteiger partial charge on any atom is -0.342 e. The molecule has 0 aliphatic rings. The van der Waals surface area contributed by atoms with E-state index in [2.05, 4.69) is 9.97 Å². The maximum Gasteiger partial charge on any atom is 0.126 e. The summed E-state index contributed by atoms with van der Waals surface area (Å²) in [6.07, 6.45) is 1.55. The number of imidazole rings is 1. The molecule has 0 unspecified atom stereocenters. The van der Waals surface area contributed by atoms with Crippen LogP contribution in [0.4, 0.5) is 8.78 Å². The molecule has 0 radical (unpaired) electrons. The van der Waals surface area contributed by atoms with Gasteiger partial charge in [0, 0.05) is 11.6 Å². The third-order valence-electron chi connectivity index (χ3n) is 1.88. The lowest BCUT2D eigenvalue weighted by atomic mass is 10.1. The molecular weight excluding hydrogens is 210 g/mol. The van der Waals surface area contributed by atoms with Gasteiger partial charge in [0.05, 0.1) is 11.9 Å². The summed E-state index contributed by atoms with van der Waals surface area (Å²) in [5.74, 6) is -0.468. The molecule has 0 spiro atoms. The molecule has 86 valence electrons. The molecule has 2 aromatic rings. The van der Waals surface area contributed by atoms with E-state index in [1.807, 2.05) is 13.8 Å². The van der Waals surface area contributed by atoms with Crippen LogP contribution in [-0.2, 0) is 0 Å². The average Bonchev–Trinajstić information content (AvgIpc) is 2.66. The van der Waals surface area contributed by atoms with Crippen LogP contribution in [0.3, 0.4) is 0 Å². The van der Waals surface area contributed by atoms with Gasteiger partial charge in [-0.25, -0.2) is 13.8 Å². The van der Waals surface area contributed by atoms with Crippen LogP contribution in [0.15, 0.2) is 24.4 Å². The first-order chi connectivity index (χ1) is 7.65. The summed E-state index contributed by atoms with van der Waals surface area (Å²) in [5.41, 5.74) is 1.07. The van der Waals surface area contributed by atoms with Gasteiger partial charge in [0.1, 0.15) is 17.5 Å². The molecule has 2 nitrogen and oxygen atoms in total. The maximum absolute atomic E-state index is 12.8. The minimum absolute atomic E-state index is 0.461. The predicted octanol–water partition coefficient (Wildman–Crippen LogP) is 3.69. The van der Waals surface area contributed by atoms with Crippen LogP contribution in [0.2, 0.25) is 0 Å². The Bertz CT molecular complexity index is 444. The standard InChI is InChI=1S/C10H8F2N2.C2H6/c1-6-13-5-10(14-6)7-2-8(11)4-9(12)3-7;1-2/h2-5H,1H3,(H,13,14);1-2H3. The number of H-pyrrole nitrogens is 1. The van der Waals surface area contributed by atoms with Gasteiger partial charge in [0.15, 0.2) is 0 Å². The quantitative estimate of drug-likeness (QED) is 0.786. The highest BCUT2D eigenvalue weighted by Crippen LogP contribution is 2.19. The van der Waals surface area contributed by atoms with Crippen molar-refractivity contribution >= 4 is 0 Å². The molecule has 0 saturated heterocycles. The van der Waals surface area contributed by atoms with Crippen LogP contribution < -0.4 is 0 Å². The molecule has 1 N–H and O–H groups in total. The summed E-state index contributed by atoms with van der Waals surface area (Å²) in [7, 11) is 0. The molecule has 0 amide bonds. The number of hydrogen-bond acceptors (Lipinski definition) is 1. The lowest BCUT2D eigenvalue weighted by Gasteiger charge is -1.98. The molecule has 0 atom stereocenters. The lowest BCUT2D eigenvalue weighted by Crippen LogP contribution is -1.84. The first-order valence-corrected chi connectivity index (χ1v) is 5.13. The van der Waals surface area contributed by atoms with Crippen LogP contribution in [-0.4, -0.2) is 9.97 Å². The van der Waals surface area contributed by atoms with Crippen molar-refractivity contribution in [2.75, 3.05) is 0 Å². The highest BCUT2D eigenvalue weighted by Gasteiger charge is 2.04. The SMILES string of the molecule is CC.Cc1ncc(-c2cc(F)cc(F)c2)[nH]1. The Morgan fingerprint density at radius 3 is 2.06 bits per heavy atom. The van der Waals surface area contributed by atoms with Gasteiger partial charge in [-0.15, -0.1) is 0 Å². The molecule has 1 aromatic carbocycles. The van der Waals surface area contributed by atoms with E-state index in [1.54, 1.807) is 13.1 Å². The molecule has 1 heterocycles. The normalized spacial score (nSPS) is 9.56. The summed E-state index contributed by atoms with van der Waals surface area (Å²) in [6, 6.07) is 3.36. The van der Waals surface area contributed by atoms with Gasteiger partial charge in [-0.2, -0.15) is 0 Å². The Morgan fingerprint density at radius 1 is 1.06 bits per heavy atom. The number of hydrogen-bond donors (Lipinski definition) is 1. The Labute approximate surface area is 93.3 Å². The highest BCUT2D eigenvalue weighted by molar-refractivity contribution is 5.58. The second kappa shape index (κ2) is 5.39. The molecule has 0 aliphatic carbocycles. The van der Waals surface area contributed by atoms with E-state index in [0.29, 0.717) is 17.1 Å². The zero-order valence-electron chi connectivity index (χ0n) is 9.51. The van der Waals surface area contributed by atoms with E-state index in [0.717, 1.165) is 6.07 Å². The van der Waals surface area contributed by atoms with E-state index < -0.39 is 11.6 Å². The minimum atomic E-state index is -0.591. The van der Waals surface area contributed by atoms with Crippen LogP contribution in [0, 0.1) is 18.6 Å². The van der Waals surface area contributed by atoms with Gasteiger partial charge >= 0.3 is 0 Å². The zero-order valence-corrected chi connectivity index (χ0v) is 9.51. The number of nitrogens with one attached hydrogen (secondary N) is 1. The molecule has 16 heavy (non-hydrogen) atoms. The Morgan fingerprint density at radius 2 is 1.62 bits per heavy atom. The number of aromatic nitrogens is 2. The Balaban J connectivity index is 0.000000606. The molecule has 2 rings (SSSR count). The Hall–Kier alpha value is -1.71. The van der Waals surface area contributed by atoms with Crippen LogP contribution >= 0.6 is 0 Å². The van der Waals surface area contributed by atoms with E-state index >= 15 is 0 Å². The van der Waals surface area contributed by atoms with Gasteiger partial charge in [-0.1, -0.05) is 13.8 Å². The van der Waals surface area contributed by atoms with Crippen molar-refractivity contribution in [3.05, 3.63) is 41.9 Å². The molecule has 0 aliphatic heterocycles. The van der Waals surface area contributed by atoms with E-state index in [4.69, 9.17) is 0 Å². The van der Waals surface area contributed by atoms with Crippen molar-refractivity contribution in [3.63, 3.8) is 0 Å². The van der Waals surface area contributed by atoms with Crippen molar-refractivity contribution in [2.45, 2.75) is 20.8 Å². The largest absolute Gasteiger partial charge is 0.342 e. The van der Waals surface area contributed by atoms with Crippen molar-refractivity contribution in [3.8, 4) is 11.3 Å². The van der Waals surface area contributed by atoms with Crippen molar-refractivity contribution in [1.29, 1.82) is 0 Å². The monoisotopic (exact) mass is 224 g/mol. The first-order valence-electron chi connectivity index (χ1n) is 5.13. The van der Waals surface area contributed by atoms with Crippen LogP contribution in [0.5, 0.6) is 0 Å². The highest BCUT2D eigenvalue weighted by atomic mass is 19.1. The third-order valence-corrected chi connectivity index (χ3v) is 1.88. The number of benzene rings is 1. The summed E-state index contributed by atoms with van der Waals surface area (Å²) in [5, 5.41) is 0. The number of rotatable bonds is 1. The maximum atomic E-state index is 12.8. The van der Waals surface area contributed by atoms with E-state index in [-0.39, 0.29) is 0 Å². The molecular formula is C12H14F2N2. The van der Waals surface area contributed by atoms with Gasteiger partial charge < -0.3 is 4.98 Å². The number of halogens is 2. The number of aryl methyl sites for hydroxylation is 1. The van der Waals surface area contributed by atoms with Gasteiger partial charge in [0.25, 0.3) is 0 Å². The molecule has 0 saturated carbocycles. The van der Waals surface area contributed by atoms with Crippen molar-refractivity contribution in [1.82, 2.24) is 9.97 Å². The van der Waals surface area contributed by atoms with E-state index in [9.17, 15) is 8.78 Å². The smallest absolute Gasteiger partial charge is 0.126 e. The fraction of sp³-hybridized carbons (Fsp3) is 0.250. The summed E-state index contributed by atoms with van der Waals surface area (Å²) >= 11 is 0. The fourth-order valence-corrected chi connectivity index (χ4v) is 1.28. The molecule has 1 aromatic heterocycles. The molecule has 0 bridgehead atoms. The topological polar surface area (TPSA) is 28.7 Å². The predicted molar refractivity (Wildman–Crippen MR) is 60.0 cm³/mol. The lowest BCUT2D eigenvalue weighted by molar-refractivity contribution is 0.584. The van der Waals surface area contributed by atoms with E-state index in [1.165, 1.54) is 12.1 Å². The third kappa shape index (κ3) is 2.89. The summed E-state index contributed by atoms with van der Waals surface area (Å²) < 4.78 is 25.7. The number of nitrogens with zero attached hydrogens (tertiary/aromatic N) is 1. The molecule has 4 heteroatoms.